The molecule has 4 rings (SSSR count). The molecule has 0 fully saturated rings. The summed E-state index contributed by atoms with van der Waals surface area (Å²) in [5.41, 5.74) is 0.730. The Morgan fingerprint density at radius 3 is 2.31 bits per heavy atom. The lowest BCUT2D eigenvalue weighted by Gasteiger charge is -2.25. The quantitative estimate of drug-likeness (QED) is 0.614. The van der Waals surface area contributed by atoms with Gasteiger partial charge in [0.05, 0.1) is 17.7 Å². The summed E-state index contributed by atoms with van der Waals surface area (Å²) in [6.45, 7) is -0.0725. The van der Waals surface area contributed by atoms with Crippen LogP contribution in [0.2, 0.25) is 0 Å². The van der Waals surface area contributed by atoms with Crippen LogP contribution in [-0.2, 0) is 9.53 Å². The fourth-order valence-electron chi connectivity index (χ4n) is 2.91. The highest BCUT2D eigenvalue weighted by Gasteiger charge is 2.35. The number of fused-ring (bicyclic) bond motifs is 2. The number of benzene rings is 2. The zero-order chi connectivity index (χ0) is 18.1. The lowest BCUT2D eigenvalue weighted by Crippen LogP contribution is -2.39. The maximum atomic E-state index is 12.2. The van der Waals surface area contributed by atoms with Crippen LogP contribution in [0.15, 0.2) is 48.5 Å². The molecule has 2 heterocycles. The monoisotopic (exact) mass is 353 g/mol. The molecule has 0 radical (unpaired) electrons. The van der Waals surface area contributed by atoms with Crippen LogP contribution < -0.4 is 9.47 Å². The van der Waals surface area contributed by atoms with Gasteiger partial charge in [-0.2, -0.15) is 0 Å². The zero-order valence-corrected chi connectivity index (χ0v) is 13.7. The minimum absolute atomic E-state index is 0.0117. The number of amides is 2. The summed E-state index contributed by atoms with van der Waals surface area (Å²) >= 11 is 0. The van der Waals surface area contributed by atoms with Crippen LogP contribution in [-0.4, -0.2) is 48.5 Å². The van der Waals surface area contributed by atoms with Crippen molar-refractivity contribution in [1.29, 1.82) is 0 Å². The van der Waals surface area contributed by atoms with E-state index < -0.39 is 12.1 Å². The SMILES string of the molecule is O=C(OCCN1C(=O)c2ccccc2C1=O)[C@@H]1COc2ccccc2O1. The molecule has 26 heavy (non-hydrogen) atoms. The van der Waals surface area contributed by atoms with Gasteiger partial charge >= 0.3 is 5.97 Å². The highest BCUT2D eigenvalue weighted by Crippen LogP contribution is 2.31. The molecule has 0 N–H and O–H groups in total. The first-order chi connectivity index (χ1) is 12.6. The van der Waals surface area contributed by atoms with Crippen molar-refractivity contribution in [3.63, 3.8) is 0 Å². The third-order valence-electron chi connectivity index (χ3n) is 4.21. The molecule has 0 spiro atoms. The number of imide groups is 1. The van der Waals surface area contributed by atoms with Gasteiger partial charge in [0, 0.05) is 0 Å². The van der Waals surface area contributed by atoms with E-state index in [9.17, 15) is 14.4 Å². The third-order valence-corrected chi connectivity index (χ3v) is 4.21. The van der Waals surface area contributed by atoms with E-state index in [-0.39, 0.29) is 31.6 Å². The molecule has 0 aromatic heterocycles. The summed E-state index contributed by atoms with van der Waals surface area (Å²) in [4.78, 5) is 37.7. The predicted octanol–water partition coefficient (Wildman–Crippen LogP) is 1.67. The Bertz CT molecular complexity index is 858. The van der Waals surface area contributed by atoms with Gasteiger partial charge < -0.3 is 14.2 Å². The Morgan fingerprint density at radius 2 is 1.62 bits per heavy atom. The molecule has 2 aromatic rings. The van der Waals surface area contributed by atoms with Crippen LogP contribution >= 0.6 is 0 Å². The average molecular weight is 353 g/mol. The molecule has 2 aliphatic rings. The second-order valence-electron chi connectivity index (χ2n) is 5.84. The van der Waals surface area contributed by atoms with Gasteiger partial charge in [0.15, 0.2) is 11.5 Å². The molecular formula is C19H15NO6. The minimum Gasteiger partial charge on any atom is -0.485 e. The fourth-order valence-corrected chi connectivity index (χ4v) is 2.91. The maximum absolute atomic E-state index is 12.2. The van der Waals surface area contributed by atoms with Gasteiger partial charge in [-0.25, -0.2) is 4.79 Å². The van der Waals surface area contributed by atoms with Crippen LogP contribution in [0.25, 0.3) is 0 Å². The van der Waals surface area contributed by atoms with Gasteiger partial charge in [0.25, 0.3) is 11.8 Å². The van der Waals surface area contributed by atoms with Gasteiger partial charge in [-0.15, -0.1) is 0 Å². The highest BCUT2D eigenvalue weighted by molar-refractivity contribution is 6.21. The third kappa shape index (κ3) is 2.77. The van der Waals surface area contributed by atoms with Gasteiger partial charge in [-0.1, -0.05) is 24.3 Å². The fraction of sp³-hybridized carbons (Fsp3) is 0.211. The number of esters is 1. The van der Waals surface area contributed by atoms with E-state index in [1.54, 1.807) is 42.5 Å². The first kappa shape index (κ1) is 16.1. The molecule has 0 unspecified atom stereocenters. The molecule has 0 saturated heterocycles. The van der Waals surface area contributed by atoms with E-state index >= 15 is 0 Å². The van der Waals surface area contributed by atoms with Gasteiger partial charge in [0.2, 0.25) is 6.10 Å². The van der Waals surface area contributed by atoms with Gasteiger partial charge in [-0.05, 0) is 24.3 Å². The van der Waals surface area contributed by atoms with E-state index in [1.807, 2.05) is 6.07 Å². The molecule has 0 aliphatic carbocycles. The summed E-state index contributed by atoms with van der Waals surface area (Å²) in [5.74, 6) is -0.319. The van der Waals surface area contributed by atoms with E-state index in [4.69, 9.17) is 14.2 Å². The first-order valence-corrected chi connectivity index (χ1v) is 8.15. The van der Waals surface area contributed by atoms with Crippen molar-refractivity contribution >= 4 is 17.8 Å². The first-order valence-electron chi connectivity index (χ1n) is 8.15. The molecule has 7 nitrogen and oxygen atoms in total. The van der Waals surface area contributed by atoms with Crippen LogP contribution in [0.3, 0.4) is 0 Å². The van der Waals surface area contributed by atoms with Crippen molar-refractivity contribution in [2.75, 3.05) is 19.8 Å². The number of rotatable bonds is 4. The van der Waals surface area contributed by atoms with Crippen molar-refractivity contribution in [2.24, 2.45) is 0 Å². The van der Waals surface area contributed by atoms with Crippen LogP contribution in [0, 0.1) is 0 Å². The molecule has 0 saturated carbocycles. The molecule has 1 atom stereocenters. The predicted molar refractivity (Wildman–Crippen MR) is 89.1 cm³/mol. The van der Waals surface area contributed by atoms with Crippen molar-refractivity contribution in [3.05, 3.63) is 59.7 Å². The Labute approximate surface area is 149 Å². The van der Waals surface area contributed by atoms with Crippen LogP contribution in [0.5, 0.6) is 11.5 Å². The van der Waals surface area contributed by atoms with E-state index in [0.29, 0.717) is 22.6 Å². The number of carbonyl (C=O) groups excluding carboxylic acids is 3. The molecule has 2 aliphatic heterocycles. The number of hydrogen-bond acceptors (Lipinski definition) is 6. The molecular weight excluding hydrogens is 338 g/mol. The number of hydrogen-bond donors (Lipinski definition) is 0. The number of para-hydroxylation sites is 2. The summed E-state index contributed by atoms with van der Waals surface area (Å²) in [6, 6.07) is 13.6. The Kier molecular flexibility index (Phi) is 4.04. The lowest BCUT2D eigenvalue weighted by atomic mass is 10.1. The van der Waals surface area contributed by atoms with E-state index in [1.165, 1.54) is 0 Å². The smallest absolute Gasteiger partial charge is 0.351 e. The Hall–Kier alpha value is -3.35. The number of carbonyl (C=O) groups is 3. The largest absolute Gasteiger partial charge is 0.485 e. The highest BCUT2D eigenvalue weighted by atomic mass is 16.6. The molecule has 132 valence electrons. The second-order valence-corrected chi connectivity index (χ2v) is 5.84. The lowest BCUT2D eigenvalue weighted by molar-refractivity contribution is -0.154. The number of ether oxygens (including phenoxy) is 3. The topological polar surface area (TPSA) is 82.1 Å². The summed E-state index contributed by atoms with van der Waals surface area (Å²) in [5, 5.41) is 0. The average Bonchev–Trinajstić information content (AvgIpc) is 2.92. The van der Waals surface area contributed by atoms with E-state index in [0.717, 1.165) is 4.90 Å². The van der Waals surface area contributed by atoms with E-state index in [2.05, 4.69) is 0 Å². The normalized spacial score (nSPS) is 17.8. The molecule has 2 aromatic carbocycles. The summed E-state index contributed by atoms with van der Waals surface area (Å²) in [7, 11) is 0. The molecule has 0 bridgehead atoms. The van der Waals surface area contributed by atoms with Crippen molar-refractivity contribution < 1.29 is 28.6 Å². The molecule has 7 heteroatoms. The Morgan fingerprint density at radius 1 is 1.00 bits per heavy atom. The zero-order valence-electron chi connectivity index (χ0n) is 13.7. The van der Waals surface area contributed by atoms with Crippen molar-refractivity contribution in [3.8, 4) is 11.5 Å². The standard InChI is InChI=1S/C19H15NO6/c21-17-12-5-1-2-6-13(12)18(22)20(17)9-10-24-19(23)16-11-25-14-7-3-4-8-15(14)26-16/h1-8,16H,9-11H2/t16-/m0/s1. The second kappa shape index (κ2) is 6.51. The van der Waals surface area contributed by atoms with Gasteiger partial charge in [0.1, 0.15) is 13.2 Å². The number of nitrogens with zero attached hydrogens (tertiary/aromatic N) is 1. The minimum atomic E-state index is -0.882. The van der Waals surface area contributed by atoms with Crippen molar-refractivity contribution in [1.82, 2.24) is 4.90 Å². The van der Waals surface area contributed by atoms with Crippen LogP contribution in [0.1, 0.15) is 20.7 Å². The van der Waals surface area contributed by atoms with Crippen molar-refractivity contribution in [2.45, 2.75) is 6.10 Å². The summed E-state index contributed by atoms with van der Waals surface area (Å²) < 4.78 is 16.2. The van der Waals surface area contributed by atoms with Gasteiger partial charge in [-0.3, -0.25) is 14.5 Å². The molecule has 2 amide bonds. The van der Waals surface area contributed by atoms with Crippen LogP contribution in [0.4, 0.5) is 0 Å². The summed E-state index contributed by atoms with van der Waals surface area (Å²) in [6.07, 6.45) is -0.882. The maximum Gasteiger partial charge on any atom is 0.351 e. The Balaban J connectivity index is 1.33.